The number of aliphatic imine (C=N–C) groups is 1. The highest BCUT2D eigenvalue weighted by Crippen LogP contribution is 2.29. The zero-order chi connectivity index (χ0) is 17.5. The molecule has 0 bridgehead atoms. The lowest BCUT2D eigenvalue weighted by Gasteiger charge is -2.13. The summed E-state index contributed by atoms with van der Waals surface area (Å²) >= 11 is 1.66. The van der Waals surface area contributed by atoms with E-state index in [0.29, 0.717) is 31.5 Å². The molecule has 1 heterocycles. The third-order valence-corrected chi connectivity index (χ3v) is 4.15. The lowest BCUT2D eigenvalue weighted by Crippen LogP contribution is -2.23. The van der Waals surface area contributed by atoms with Crippen LogP contribution in [0, 0.1) is 13.8 Å². The molecule has 0 aliphatic rings. The molecule has 138 valence electrons. The number of rotatable bonds is 7. The van der Waals surface area contributed by atoms with Crippen LogP contribution in [0.4, 0.5) is 5.69 Å². The summed E-state index contributed by atoms with van der Waals surface area (Å²) in [4.78, 5) is 9.99. The van der Waals surface area contributed by atoms with Gasteiger partial charge in [-0.05, 0) is 39.8 Å². The van der Waals surface area contributed by atoms with Gasteiger partial charge in [-0.3, -0.25) is 0 Å². The minimum absolute atomic E-state index is 0. The van der Waals surface area contributed by atoms with Gasteiger partial charge in [0.1, 0.15) is 11.5 Å². The highest BCUT2D eigenvalue weighted by Gasteiger charge is 2.08. The van der Waals surface area contributed by atoms with Gasteiger partial charge < -0.3 is 20.5 Å². The fourth-order valence-corrected chi connectivity index (χ4v) is 3.03. The van der Waals surface area contributed by atoms with Crippen molar-refractivity contribution < 1.29 is 9.47 Å². The van der Waals surface area contributed by atoms with E-state index in [1.54, 1.807) is 11.3 Å². The van der Waals surface area contributed by atoms with Gasteiger partial charge in [-0.25, -0.2) is 9.98 Å². The minimum atomic E-state index is 0. The van der Waals surface area contributed by atoms with Gasteiger partial charge in [0.05, 0.1) is 36.1 Å². The molecule has 3 N–H and O–H groups in total. The predicted octanol–water partition coefficient (Wildman–Crippen LogP) is 4.10. The van der Waals surface area contributed by atoms with Gasteiger partial charge in [0, 0.05) is 10.9 Å². The van der Waals surface area contributed by atoms with Crippen molar-refractivity contribution in [1.82, 2.24) is 4.98 Å². The molecule has 0 aliphatic carbocycles. The van der Waals surface area contributed by atoms with E-state index in [2.05, 4.69) is 15.3 Å². The SMILES string of the molecule is CCOc1ccc(OCC)c(NC(N)=NCc2nc(C)sc2C)c1.I. The summed E-state index contributed by atoms with van der Waals surface area (Å²) in [6.07, 6.45) is 0. The van der Waals surface area contributed by atoms with Crippen LogP contribution in [0.3, 0.4) is 0 Å². The van der Waals surface area contributed by atoms with Gasteiger partial charge >= 0.3 is 0 Å². The van der Waals surface area contributed by atoms with Crippen molar-refractivity contribution in [1.29, 1.82) is 0 Å². The molecule has 1 aromatic heterocycles. The van der Waals surface area contributed by atoms with E-state index in [0.717, 1.165) is 27.0 Å². The normalized spacial score (nSPS) is 11.0. The largest absolute Gasteiger partial charge is 0.494 e. The Bertz CT molecular complexity index is 719. The van der Waals surface area contributed by atoms with E-state index in [9.17, 15) is 0 Å². The topological polar surface area (TPSA) is 81.8 Å². The van der Waals surface area contributed by atoms with Crippen LogP contribution in [0.25, 0.3) is 0 Å². The number of nitrogens with zero attached hydrogens (tertiary/aromatic N) is 2. The van der Waals surface area contributed by atoms with E-state index in [1.165, 1.54) is 0 Å². The van der Waals surface area contributed by atoms with Crippen LogP contribution in [-0.4, -0.2) is 24.2 Å². The fraction of sp³-hybridized carbons (Fsp3) is 0.412. The summed E-state index contributed by atoms with van der Waals surface area (Å²) in [6, 6.07) is 5.58. The zero-order valence-electron chi connectivity index (χ0n) is 15.0. The minimum Gasteiger partial charge on any atom is -0.494 e. The first-order valence-electron chi connectivity index (χ1n) is 7.93. The summed E-state index contributed by atoms with van der Waals surface area (Å²) < 4.78 is 11.1. The molecule has 0 aliphatic heterocycles. The molecular formula is C17H25IN4O2S. The number of hydrogen-bond acceptors (Lipinski definition) is 5. The summed E-state index contributed by atoms with van der Waals surface area (Å²) in [5.41, 5.74) is 7.70. The Morgan fingerprint density at radius 2 is 1.96 bits per heavy atom. The number of guanidine groups is 1. The van der Waals surface area contributed by atoms with E-state index in [4.69, 9.17) is 15.2 Å². The van der Waals surface area contributed by atoms with Crippen LogP contribution in [-0.2, 0) is 6.54 Å². The fourth-order valence-electron chi connectivity index (χ4n) is 2.20. The Morgan fingerprint density at radius 1 is 1.24 bits per heavy atom. The van der Waals surface area contributed by atoms with Gasteiger partial charge in [-0.2, -0.15) is 0 Å². The van der Waals surface area contributed by atoms with E-state index in [1.807, 2.05) is 45.9 Å². The molecule has 0 radical (unpaired) electrons. The van der Waals surface area contributed by atoms with Gasteiger partial charge in [0.25, 0.3) is 0 Å². The van der Waals surface area contributed by atoms with Gasteiger partial charge in [-0.1, -0.05) is 0 Å². The maximum absolute atomic E-state index is 6.02. The Kier molecular flexibility index (Phi) is 8.98. The van der Waals surface area contributed by atoms with Crippen LogP contribution in [0.15, 0.2) is 23.2 Å². The lowest BCUT2D eigenvalue weighted by atomic mass is 10.2. The molecule has 0 spiro atoms. The Hall–Kier alpha value is -1.55. The number of ether oxygens (including phenoxy) is 2. The zero-order valence-corrected chi connectivity index (χ0v) is 18.1. The summed E-state index contributed by atoms with van der Waals surface area (Å²) in [7, 11) is 0. The van der Waals surface area contributed by atoms with E-state index in [-0.39, 0.29) is 24.0 Å². The number of thiazole rings is 1. The van der Waals surface area contributed by atoms with Gasteiger partial charge in [-0.15, -0.1) is 35.3 Å². The van der Waals surface area contributed by atoms with Crippen LogP contribution >= 0.6 is 35.3 Å². The number of nitrogens with two attached hydrogens (primary N) is 1. The standard InChI is InChI=1S/C17H24N4O2S.HI/c1-5-22-13-7-8-16(23-6-2)14(9-13)21-17(18)19-10-15-11(3)24-12(4)20-15;/h7-9H,5-6,10H2,1-4H3,(H3,18,19,21);1H. The van der Waals surface area contributed by atoms with Crippen molar-refractivity contribution in [3.8, 4) is 11.5 Å². The number of nitrogens with one attached hydrogen (secondary N) is 1. The smallest absolute Gasteiger partial charge is 0.193 e. The number of hydrogen-bond donors (Lipinski definition) is 2. The Balaban J connectivity index is 0.00000312. The quantitative estimate of drug-likeness (QED) is 0.357. The average Bonchev–Trinajstić information content (AvgIpc) is 2.86. The summed E-state index contributed by atoms with van der Waals surface area (Å²) in [6.45, 7) is 9.52. The molecule has 0 amide bonds. The molecule has 1 aromatic carbocycles. The first-order valence-corrected chi connectivity index (χ1v) is 8.74. The maximum Gasteiger partial charge on any atom is 0.193 e. The van der Waals surface area contributed by atoms with Crippen molar-refractivity contribution in [2.75, 3.05) is 18.5 Å². The highest BCUT2D eigenvalue weighted by atomic mass is 127. The number of aryl methyl sites for hydroxylation is 2. The molecular weight excluding hydrogens is 451 g/mol. The van der Waals surface area contributed by atoms with Crippen molar-refractivity contribution in [3.63, 3.8) is 0 Å². The first kappa shape index (κ1) is 21.5. The second-order valence-corrected chi connectivity index (χ2v) is 6.49. The molecule has 25 heavy (non-hydrogen) atoms. The Morgan fingerprint density at radius 3 is 2.56 bits per heavy atom. The van der Waals surface area contributed by atoms with Crippen molar-refractivity contribution in [3.05, 3.63) is 33.8 Å². The molecule has 0 saturated heterocycles. The molecule has 2 aromatic rings. The van der Waals surface area contributed by atoms with Crippen molar-refractivity contribution >= 4 is 47.0 Å². The van der Waals surface area contributed by atoms with Crippen LogP contribution in [0.1, 0.15) is 29.4 Å². The number of benzene rings is 1. The monoisotopic (exact) mass is 476 g/mol. The van der Waals surface area contributed by atoms with Crippen LogP contribution in [0.2, 0.25) is 0 Å². The second-order valence-electron chi connectivity index (χ2n) is 5.09. The third-order valence-electron chi connectivity index (χ3n) is 3.22. The molecule has 6 nitrogen and oxygen atoms in total. The number of anilines is 1. The van der Waals surface area contributed by atoms with Gasteiger partial charge in [0.15, 0.2) is 5.96 Å². The lowest BCUT2D eigenvalue weighted by molar-refractivity contribution is 0.332. The van der Waals surface area contributed by atoms with Gasteiger partial charge in [0.2, 0.25) is 0 Å². The highest BCUT2D eigenvalue weighted by molar-refractivity contribution is 14.0. The van der Waals surface area contributed by atoms with E-state index >= 15 is 0 Å². The van der Waals surface area contributed by atoms with Crippen molar-refractivity contribution in [2.45, 2.75) is 34.2 Å². The predicted molar refractivity (Wildman–Crippen MR) is 115 cm³/mol. The molecule has 0 unspecified atom stereocenters. The van der Waals surface area contributed by atoms with Crippen LogP contribution < -0.4 is 20.5 Å². The molecule has 2 rings (SSSR count). The number of aromatic nitrogens is 1. The third kappa shape index (κ3) is 6.35. The molecule has 8 heteroatoms. The molecule has 0 fully saturated rings. The second kappa shape index (κ2) is 10.4. The average molecular weight is 476 g/mol. The Labute approximate surface area is 169 Å². The maximum atomic E-state index is 6.02. The first-order chi connectivity index (χ1) is 11.5. The molecule has 0 atom stereocenters. The summed E-state index contributed by atoms with van der Waals surface area (Å²) in [5.74, 6) is 1.77. The summed E-state index contributed by atoms with van der Waals surface area (Å²) in [5, 5.41) is 4.12. The van der Waals surface area contributed by atoms with E-state index < -0.39 is 0 Å². The van der Waals surface area contributed by atoms with Crippen LogP contribution in [0.5, 0.6) is 11.5 Å². The molecule has 0 saturated carbocycles. The number of halogens is 1. The van der Waals surface area contributed by atoms with Crippen molar-refractivity contribution in [2.24, 2.45) is 10.7 Å².